The fourth-order valence-electron chi connectivity index (χ4n) is 1.76. The molecule has 0 aromatic carbocycles. The lowest BCUT2D eigenvalue weighted by Crippen LogP contribution is -2.29. The van der Waals surface area contributed by atoms with Crippen molar-refractivity contribution >= 4 is 22.4 Å². The molecule has 1 aromatic heterocycles. The quantitative estimate of drug-likeness (QED) is 0.857. The van der Waals surface area contributed by atoms with E-state index in [1.807, 2.05) is 0 Å². The molecule has 1 aliphatic rings. The standard InChI is InChI=1S/C12H18N2O3S/c1-12(2,10(15)16)9-7-18-11(14-9)13-6-8-4-3-5-17-8/h7-8H,3-6H2,1-2H3,(H,13,14)(H,15,16). The van der Waals surface area contributed by atoms with Gasteiger partial charge < -0.3 is 15.2 Å². The van der Waals surface area contributed by atoms with E-state index in [1.165, 1.54) is 11.3 Å². The smallest absolute Gasteiger partial charge is 0.315 e. The summed E-state index contributed by atoms with van der Waals surface area (Å²) in [6.07, 6.45) is 2.44. The fourth-order valence-corrected chi connectivity index (χ4v) is 2.65. The van der Waals surface area contributed by atoms with Crippen molar-refractivity contribution in [1.29, 1.82) is 0 Å². The number of nitrogens with one attached hydrogen (secondary N) is 1. The molecule has 5 nitrogen and oxygen atoms in total. The molecule has 1 unspecified atom stereocenters. The molecule has 100 valence electrons. The van der Waals surface area contributed by atoms with Crippen molar-refractivity contribution in [2.45, 2.75) is 38.2 Å². The molecule has 1 fully saturated rings. The second-order valence-corrected chi connectivity index (χ2v) is 5.84. The zero-order valence-corrected chi connectivity index (χ0v) is 11.4. The molecule has 1 aliphatic heterocycles. The van der Waals surface area contributed by atoms with Gasteiger partial charge in [0.15, 0.2) is 5.13 Å². The molecular formula is C12H18N2O3S. The van der Waals surface area contributed by atoms with Crippen LogP contribution in [0.15, 0.2) is 5.38 Å². The summed E-state index contributed by atoms with van der Waals surface area (Å²) in [5.74, 6) is -0.863. The van der Waals surface area contributed by atoms with E-state index in [-0.39, 0.29) is 6.10 Å². The SMILES string of the molecule is CC(C)(C(=O)O)c1csc(NCC2CCCO2)n1. The predicted molar refractivity (Wildman–Crippen MR) is 70.2 cm³/mol. The number of anilines is 1. The van der Waals surface area contributed by atoms with Crippen LogP contribution in [-0.4, -0.2) is 35.3 Å². The van der Waals surface area contributed by atoms with Gasteiger partial charge in [-0.05, 0) is 26.7 Å². The average Bonchev–Trinajstić information content (AvgIpc) is 2.97. The van der Waals surface area contributed by atoms with Crippen molar-refractivity contribution < 1.29 is 14.6 Å². The highest BCUT2D eigenvalue weighted by molar-refractivity contribution is 7.13. The minimum Gasteiger partial charge on any atom is -0.481 e. The van der Waals surface area contributed by atoms with E-state index in [2.05, 4.69) is 10.3 Å². The number of nitrogens with zero attached hydrogens (tertiary/aromatic N) is 1. The summed E-state index contributed by atoms with van der Waals surface area (Å²) in [7, 11) is 0. The summed E-state index contributed by atoms with van der Waals surface area (Å²) >= 11 is 1.44. The number of rotatable bonds is 5. The van der Waals surface area contributed by atoms with E-state index in [1.54, 1.807) is 19.2 Å². The average molecular weight is 270 g/mol. The number of carbonyl (C=O) groups is 1. The summed E-state index contributed by atoms with van der Waals surface area (Å²) < 4.78 is 5.51. The van der Waals surface area contributed by atoms with Crippen molar-refractivity contribution in [1.82, 2.24) is 4.98 Å². The van der Waals surface area contributed by atoms with Gasteiger partial charge in [-0.2, -0.15) is 0 Å². The summed E-state index contributed by atoms with van der Waals surface area (Å²) in [5, 5.41) is 14.9. The predicted octanol–water partition coefficient (Wildman–Crippen LogP) is 2.10. The van der Waals surface area contributed by atoms with Crippen molar-refractivity contribution in [3.63, 3.8) is 0 Å². The lowest BCUT2D eigenvalue weighted by atomic mass is 9.90. The third-order valence-electron chi connectivity index (χ3n) is 3.18. The first kappa shape index (κ1) is 13.3. The molecule has 1 saturated heterocycles. The van der Waals surface area contributed by atoms with Gasteiger partial charge in [-0.15, -0.1) is 11.3 Å². The summed E-state index contributed by atoms with van der Waals surface area (Å²) in [5.41, 5.74) is -0.352. The third-order valence-corrected chi connectivity index (χ3v) is 3.98. The Morgan fingerprint density at radius 2 is 2.50 bits per heavy atom. The Bertz CT molecular complexity index is 425. The number of carboxylic acids is 1. The molecule has 18 heavy (non-hydrogen) atoms. The van der Waals surface area contributed by atoms with Crippen LogP contribution < -0.4 is 5.32 Å². The Kier molecular flexibility index (Phi) is 3.87. The van der Waals surface area contributed by atoms with Crippen LogP contribution in [-0.2, 0) is 14.9 Å². The zero-order valence-electron chi connectivity index (χ0n) is 10.6. The van der Waals surface area contributed by atoms with Crippen LogP contribution in [0.2, 0.25) is 0 Å². The Balaban J connectivity index is 1.95. The van der Waals surface area contributed by atoms with Crippen molar-refractivity contribution in [2.24, 2.45) is 0 Å². The lowest BCUT2D eigenvalue weighted by Gasteiger charge is -2.15. The van der Waals surface area contributed by atoms with Gasteiger partial charge in [0.05, 0.1) is 11.8 Å². The first-order valence-corrected chi connectivity index (χ1v) is 6.93. The van der Waals surface area contributed by atoms with E-state index in [0.717, 1.165) is 31.1 Å². The topological polar surface area (TPSA) is 71.5 Å². The Morgan fingerprint density at radius 3 is 3.11 bits per heavy atom. The number of aromatic nitrogens is 1. The van der Waals surface area contributed by atoms with Crippen LogP contribution in [0.5, 0.6) is 0 Å². The molecular weight excluding hydrogens is 252 g/mol. The second-order valence-electron chi connectivity index (χ2n) is 4.98. The van der Waals surface area contributed by atoms with Gasteiger partial charge in [0.2, 0.25) is 0 Å². The van der Waals surface area contributed by atoms with Crippen LogP contribution in [0.3, 0.4) is 0 Å². The summed E-state index contributed by atoms with van der Waals surface area (Å²) in [6, 6.07) is 0. The molecule has 0 spiro atoms. The van der Waals surface area contributed by atoms with E-state index in [4.69, 9.17) is 9.84 Å². The maximum atomic E-state index is 11.1. The highest BCUT2D eigenvalue weighted by atomic mass is 32.1. The van der Waals surface area contributed by atoms with Gasteiger partial charge >= 0.3 is 5.97 Å². The van der Waals surface area contributed by atoms with Gasteiger partial charge in [0, 0.05) is 18.5 Å². The van der Waals surface area contributed by atoms with Crippen LogP contribution >= 0.6 is 11.3 Å². The Labute approximate surface area is 110 Å². The highest BCUT2D eigenvalue weighted by Crippen LogP contribution is 2.27. The minimum atomic E-state index is -0.944. The highest BCUT2D eigenvalue weighted by Gasteiger charge is 2.32. The van der Waals surface area contributed by atoms with Gasteiger partial charge in [0.1, 0.15) is 5.41 Å². The molecule has 0 amide bonds. The second kappa shape index (κ2) is 5.24. The molecule has 6 heteroatoms. The number of ether oxygens (including phenoxy) is 1. The summed E-state index contributed by atoms with van der Waals surface area (Å²) in [6.45, 7) is 4.89. The van der Waals surface area contributed by atoms with E-state index >= 15 is 0 Å². The first-order chi connectivity index (χ1) is 8.50. The lowest BCUT2D eigenvalue weighted by molar-refractivity contribution is -0.142. The molecule has 2 rings (SSSR count). The maximum absolute atomic E-state index is 11.1. The number of hydrogen-bond acceptors (Lipinski definition) is 5. The van der Waals surface area contributed by atoms with Crippen molar-refractivity contribution in [2.75, 3.05) is 18.5 Å². The molecule has 0 radical (unpaired) electrons. The van der Waals surface area contributed by atoms with Gasteiger partial charge in [0.25, 0.3) is 0 Å². The maximum Gasteiger partial charge on any atom is 0.315 e. The number of hydrogen-bond donors (Lipinski definition) is 2. The normalized spacial score (nSPS) is 20.0. The molecule has 0 bridgehead atoms. The van der Waals surface area contributed by atoms with Crippen molar-refractivity contribution in [3.8, 4) is 0 Å². The van der Waals surface area contributed by atoms with Gasteiger partial charge in [-0.1, -0.05) is 0 Å². The molecule has 2 heterocycles. The molecule has 0 aliphatic carbocycles. The van der Waals surface area contributed by atoms with Crippen LogP contribution in [0, 0.1) is 0 Å². The molecule has 2 N–H and O–H groups in total. The molecule has 1 aromatic rings. The van der Waals surface area contributed by atoms with Gasteiger partial charge in [-0.3, -0.25) is 4.79 Å². The summed E-state index contributed by atoms with van der Waals surface area (Å²) in [4.78, 5) is 15.5. The van der Waals surface area contributed by atoms with Crippen LogP contribution in [0.1, 0.15) is 32.4 Å². The van der Waals surface area contributed by atoms with E-state index < -0.39 is 11.4 Å². The Morgan fingerprint density at radius 1 is 1.72 bits per heavy atom. The monoisotopic (exact) mass is 270 g/mol. The van der Waals surface area contributed by atoms with Crippen LogP contribution in [0.25, 0.3) is 0 Å². The molecule has 0 saturated carbocycles. The molecule has 1 atom stereocenters. The number of thiazole rings is 1. The third kappa shape index (κ3) is 2.81. The van der Waals surface area contributed by atoms with E-state index in [9.17, 15) is 4.79 Å². The van der Waals surface area contributed by atoms with Crippen molar-refractivity contribution in [3.05, 3.63) is 11.1 Å². The zero-order chi connectivity index (χ0) is 13.2. The van der Waals surface area contributed by atoms with Crippen LogP contribution in [0.4, 0.5) is 5.13 Å². The van der Waals surface area contributed by atoms with E-state index in [0.29, 0.717) is 5.69 Å². The van der Waals surface area contributed by atoms with Gasteiger partial charge in [-0.25, -0.2) is 4.98 Å². The first-order valence-electron chi connectivity index (χ1n) is 6.05. The number of carboxylic acid groups (broad SMARTS) is 1. The fraction of sp³-hybridized carbons (Fsp3) is 0.667. The number of aliphatic carboxylic acids is 1. The minimum absolute atomic E-state index is 0.254. The largest absolute Gasteiger partial charge is 0.481 e. The Hall–Kier alpha value is -1.14.